The molecule has 0 unspecified atom stereocenters. The monoisotopic (exact) mass is 887 g/mol. The molecule has 2 aromatic carbocycles. The Labute approximate surface area is 342 Å². The normalized spacial score (nSPS) is 12.5. The fraction of sp³-hybridized carbons (Fsp3) is 0.475. The Morgan fingerprint density at radius 2 is 1.53 bits per heavy atom. The molecule has 3 aromatic rings. The third-order valence-electron chi connectivity index (χ3n) is 8.69. The number of carboxylic acids is 1. The molecule has 0 bridgehead atoms. The summed E-state index contributed by atoms with van der Waals surface area (Å²) in [5, 5.41) is 23.0. The van der Waals surface area contributed by atoms with Gasteiger partial charge in [0.05, 0.1) is 11.4 Å². The first-order valence-electron chi connectivity index (χ1n) is 18.4. The minimum absolute atomic E-state index is 0.0730. The molecule has 3 rings (SSSR count). The van der Waals surface area contributed by atoms with E-state index in [1.807, 2.05) is 55.7 Å². The number of aliphatic carboxylic acids is 1. The molecule has 0 aliphatic rings. The molecule has 320 valence electrons. The number of Topliss-reactive ketones (excluding diaryl/α,β-unsaturated/α-hetero) is 1. The number of carboxylic acid groups (broad SMARTS) is 1. The zero-order chi connectivity index (χ0) is 43.6. The third kappa shape index (κ3) is 17.0. The van der Waals surface area contributed by atoms with E-state index in [0.717, 1.165) is 23.8 Å². The van der Waals surface area contributed by atoms with Gasteiger partial charge in [-0.15, -0.1) is 0 Å². The number of ketones is 1. The summed E-state index contributed by atoms with van der Waals surface area (Å²) < 4.78 is 62.9. The number of benzene rings is 2. The molecule has 0 aliphatic heterocycles. The van der Waals surface area contributed by atoms with Crippen LogP contribution in [0.15, 0.2) is 60.8 Å². The van der Waals surface area contributed by atoms with Crippen molar-refractivity contribution in [3.05, 3.63) is 83.7 Å². The summed E-state index contributed by atoms with van der Waals surface area (Å²) >= 11 is 3.11. The molecule has 0 radical (unpaired) electrons. The number of alkyl halides is 4. The molecule has 0 fully saturated rings. The standard InChI is InChI=1S/C38H50BrF2N5O5.C2HF3O2/c1-38(2,3)37(33-19-27(31-20-28(40)14-15-32(31)41)24-45(33)23-26-9-5-4-6-10-26)46(36(51)25-47)18-16-29(42)22-44-35(50)13-7-12-34(49)43-17-8-11-30(48)21-39;3-2(4,5)1(6)7/h4-6,9-10,14-15,19-20,24,29,37,47H,7-8,11-13,16-18,21-23,25,42H2,1-3H3,(H,43,49)(H,44,50);(H,6,7)/t29-,37-;/m0./s1. The Kier molecular flexibility index (Phi) is 20.2. The van der Waals surface area contributed by atoms with E-state index in [9.17, 15) is 46.2 Å². The van der Waals surface area contributed by atoms with Crippen molar-refractivity contribution in [1.82, 2.24) is 20.1 Å². The topological polar surface area (TPSA) is 184 Å². The lowest BCUT2D eigenvalue weighted by Crippen LogP contribution is -2.46. The van der Waals surface area contributed by atoms with E-state index in [1.54, 1.807) is 17.2 Å². The summed E-state index contributed by atoms with van der Waals surface area (Å²) in [6, 6.07) is 13.5. The number of halogens is 6. The fourth-order valence-corrected chi connectivity index (χ4v) is 6.20. The first-order valence-corrected chi connectivity index (χ1v) is 19.6. The number of nitrogens with one attached hydrogen (secondary N) is 2. The van der Waals surface area contributed by atoms with Crippen molar-refractivity contribution >= 4 is 45.4 Å². The number of aliphatic hydroxyl groups excluding tert-OH is 1. The van der Waals surface area contributed by atoms with Crippen LogP contribution in [-0.2, 0) is 30.5 Å². The molecule has 1 heterocycles. The first-order chi connectivity index (χ1) is 27.2. The van der Waals surface area contributed by atoms with E-state index in [0.29, 0.717) is 55.4 Å². The molecule has 6 N–H and O–H groups in total. The highest BCUT2D eigenvalue weighted by atomic mass is 79.9. The van der Waals surface area contributed by atoms with Crippen LogP contribution in [0.5, 0.6) is 0 Å². The zero-order valence-electron chi connectivity index (χ0n) is 32.6. The summed E-state index contributed by atoms with van der Waals surface area (Å²) in [5.74, 6) is -4.81. The fourth-order valence-electron chi connectivity index (χ4n) is 5.92. The number of aromatic nitrogens is 1. The minimum Gasteiger partial charge on any atom is -0.475 e. The van der Waals surface area contributed by atoms with E-state index in [1.165, 1.54) is 0 Å². The Balaban J connectivity index is 0.00000151. The summed E-state index contributed by atoms with van der Waals surface area (Å²) in [6.07, 6.45) is -1.43. The Hall–Kier alpha value is -4.68. The van der Waals surface area contributed by atoms with Crippen molar-refractivity contribution in [2.45, 2.75) is 84.1 Å². The number of nitrogens with zero attached hydrogens (tertiary/aromatic N) is 2. The molecule has 0 saturated carbocycles. The van der Waals surface area contributed by atoms with E-state index in [2.05, 4.69) is 26.6 Å². The lowest BCUT2D eigenvalue weighted by molar-refractivity contribution is -0.192. The number of hydrogen-bond donors (Lipinski definition) is 5. The first kappa shape index (κ1) is 49.5. The molecule has 2 atom stereocenters. The second-order valence-corrected chi connectivity index (χ2v) is 15.1. The van der Waals surface area contributed by atoms with Crippen LogP contribution in [0.2, 0.25) is 0 Å². The predicted octanol–water partition coefficient (Wildman–Crippen LogP) is 5.89. The van der Waals surface area contributed by atoms with Gasteiger partial charge in [0.2, 0.25) is 17.7 Å². The number of nitrogens with two attached hydrogens (primary N) is 1. The Morgan fingerprint density at radius 3 is 2.10 bits per heavy atom. The van der Waals surface area contributed by atoms with Gasteiger partial charge < -0.3 is 36.0 Å². The van der Waals surface area contributed by atoms with E-state index < -0.39 is 53.8 Å². The highest BCUT2D eigenvalue weighted by Gasteiger charge is 2.39. The maximum absolute atomic E-state index is 15.0. The van der Waals surface area contributed by atoms with Gasteiger partial charge in [-0.3, -0.25) is 19.2 Å². The largest absolute Gasteiger partial charge is 0.490 e. The van der Waals surface area contributed by atoms with Crippen LogP contribution in [0.3, 0.4) is 0 Å². The summed E-state index contributed by atoms with van der Waals surface area (Å²) in [6.45, 7) is 6.23. The maximum Gasteiger partial charge on any atom is 0.490 e. The van der Waals surface area contributed by atoms with Crippen molar-refractivity contribution in [3.63, 3.8) is 0 Å². The number of hydrogen-bond acceptors (Lipinski definition) is 7. The molecule has 1 aromatic heterocycles. The Morgan fingerprint density at radius 1 is 0.914 bits per heavy atom. The number of amides is 3. The van der Waals surface area contributed by atoms with Crippen LogP contribution in [0.25, 0.3) is 11.1 Å². The van der Waals surface area contributed by atoms with Crippen LogP contribution < -0.4 is 16.4 Å². The van der Waals surface area contributed by atoms with Crippen molar-refractivity contribution < 1.29 is 56.1 Å². The highest BCUT2D eigenvalue weighted by Crippen LogP contribution is 2.41. The zero-order valence-corrected chi connectivity index (χ0v) is 34.2. The number of carbonyl (C=O) groups is 5. The van der Waals surface area contributed by atoms with Gasteiger partial charge in [0, 0.05) is 74.5 Å². The van der Waals surface area contributed by atoms with Gasteiger partial charge in [-0.25, -0.2) is 13.6 Å². The van der Waals surface area contributed by atoms with E-state index >= 15 is 0 Å². The van der Waals surface area contributed by atoms with Crippen LogP contribution in [0.4, 0.5) is 22.0 Å². The van der Waals surface area contributed by atoms with Crippen LogP contribution in [0.1, 0.15) is 76.6 Å². The number of aliphatic hydroxyl groups is 1. The van der Waals surface area contributed by atoms with Crippen molar-refractivity contribution in [2.24, 2.45) is 11.1 Å². The molecule has 18 heteroatoms. The van der Waals surface area contributed by atoms with Crippen molar-refractivity contribution in [1.29, 1.82) is 0 Å². The van der Waals surface area contributed by atoms with Gasteiger partial charge in [0.1, 0.15) is 24.0 Å². The molecule has 0 aliphatic carbocycles. The lowest BCUT2D eigenvalue weighted by atomic mass is 9.82. The lowest BCUT2D eigenvalue weighted by Gasteiger charge is -2.41. The highest BCUT2D eigenvalue weighted by molar-refractivity contribution is 9.09. The molecule has 58 heavy (non-hydrogen) atoms. The van der Waals surface area contributed by atoms with Gasteiger partial charge in [0.25, 0.3) is 0 Å². The quantitative estimate of drug-likeness (QED) is 0.0529. The van der Waals surface area contributed by atoms with E-state index in [4.69, 9.17) is 15.6 Å². The van der Waals surface area contributed by atoms with Crippen LogP contribution in [0, 0.1) is 17.0 Å². The molecule has 0 spiro atoms. The second kappa shape index (κ2) is 23.7. The van der Waals surface area contributed by atoms with Gasteiger partial charge in [-0.05, 0) is 54.5 Å². The molecule has 0 saturated heterocycles. The molecular formula is C40H51BrF5N5O7. The summed E-state index contributed by atoms with van der Waals surface area (Å²) in [5.41, 5.74) is 7.98. The third-order valence-corrected chi connectivity index (χ3v) is 9.31. The SMILES string of the molecule is CC(C)(C)[C@H](c1cc(-c2cc(F)ccc2F)cn1Cc1ccccc1)N(CC[C@H](N)CNC(=O)CCCC(=O)NCCCC(=O)CBr)C(=O)CO.O=C(O)C(F)(F)F. The Bertz CT molecular complexity index is 1820. The molecular weight excluding hydrogens is 837 g/mol. The average Bonchev–Trinajstić information content (AvgIpc) is 3.56. The van der Waals surface area contributed by atoms with Gasteiger partial charge in [-0.1, -0.05) is 67.0 Å². The predicted molar refractivity (Wildman–Crippen MR) is 211 cm³/mol. The van der Waals surface area contributed by atoms with Crippen molar-refractivity contribution in [3.8, 4) is 11.1 Å². The van der Waals surface area contributed by atoms with E-state index in [-0.39, 0.29) is 49.1 Å². The molecule has 3 amide bonds. The number of rotatable bonds is 20. The second-order valence-electron chi connectivity index (χ2n) is 14.5. The van der Waals surface area contributed by atoms with Gasteiger partial charge in [0.15, 0.2) is 0 Å². The van der Waals surface area contributed by atoms with Crippen LogP contribution in [-0.4, -0.2) is 92.9 Å². The summed E-state index contributed by atoms with van der Waals surface area (Å²) in [7, 11) is 0. The molecule has 12 nitrogen and oxygen atoms in total. The maximum atomic E-state index is 15.0. The van der Waals surface area contributed by atoms with Gasteiger partial charge >= 0.3 is 12.1 Å². The summed E-state index contributed by atoms with van der Waals surface area (Å²) in [4.78, 5) is 59.7. The average molecular weight is 889 g/mol. The van der Waals surface area contributed by atoms with Crippen LogP contribution >= 0.6 is 15.9 Å². The van der Waals surface area contributed by atoms with Gasteiger partial charge in [-0.2, -0.15) is 13.2 Å². The van der Waals surface area contributed by atoms with Crippen molar-refractivity contribution in [2.75, 3.05) is 31.6 Å². The minimum atomic E-state index is -5.08. The number of carbonyl (C=O) groups excluding carboxylic acids is 4. The smallest absolute Gasteiger partial charge is 0.475 e.